The minimum Gasteiger partial charge on any atom is -0.378 e. The van der Waals surface area contributed by atoms with Crippen LogP contribution in [0.2, 0.25) is 0 Å². The third-order valence-corrected chi connectivity index (χ3v) is 10.1. The lowest BCUT2D eigenvalue weighted by Gasteiger charge is -2.26. The number of pyridine rings is 1. The molecule has 0 spiro atoms. The molecule has 5 heterocycles. The number of nitrogens with zero attached hydrogens (tertiary/aromatic N) is 4. The van der Waals surface area contributed by atoms with E-state index in [4.69, 9.17) is 4.74 Å². The second kappa shape index (κ2) is 14.8. The van der Waals surface area contributed by atoms with E-state index in [0.717, 1.165) is 20.9 Å². The summed E-state index contributed by atoms with van der Waals surface area (Å²) in [6.07, 6.45) is 4.62. The lowest BCUT2D eigenvalue weighted by molar-refractivity contribution is 0.0303. The van der Waals surface area contributed by atoms with Crippen LogP contribution in [-0.2, 0) is 4.74 Å². The Morgan fingerprint density at radius 2 is 1.64 bits per heavy atom. The highest BCUT2D eigenvalue weighted by Gasteiger charge is 2.19. The van der Waals surface area contributed by atoms with Gasteiger partial charge < -0.3 is 25.6 Å². The quantitative estimate of drug-likeness (QED) is 0.142. The second-order valence-corrected chi connectivity index (χ2v) is 13.4. The van der Waals surface area contributed by atoms with Crippen molar-refractivity contribution < 1.29 is 19.1 Å². The summed E-state index contributed by atoms with van der Waals surface area (Å²) < 4.78 is 5.35. The minimum atomic E-state index is -0.381. The van der Waals surface area contributed by atoms with Gasteiger partial charge >= 0.3 is 0 Å². The number of hydrogen-bond acceptors (Lipinski definition) is 10. The molecule has 6 aromatic rings. The van der Waals surface area contributed by atoms with Gasteiger partial charge in [0.05, 0.1) is 41.2 Å². The first-order chi connectivity index (χ1) is 24.4. The van der Waals surface area contributed by atoms with E-state index in [2.05, 4.69) is 30.9 Å². The predicted octanol–water partition coefficient (Wildman–Crippen LogP) is 7.36. The first-order valence-corrected chi connectivity index (χ1v) is 17.5. The fourth-order valence-electron chi connectivity index (χ4n) is 5.31. The maximum absolute atomic E-state index is 13.2. The zero-order valence-electron chi connectivity index (χ0n) is 26.9. The van der Waals surface area contributed by atoms with Gasteiger partial charge in [0.1, 0.15) is 0 Å². The van der Waals surface area contributed by atoms with Crippen molar-refractivity contribution in [2.75, 3.05) is 42.3 Å². The molecule has 0 aliphatic carbocycles. The Kier molecular flexibility index (Phi) is 9.69. The molecule has 11 nitrogen and oxygen atoms in total. The summed E-state index contributed by atoms with van der Waals surface area (Å²) in [5, 5.41) is 11.0. The van der Waals surface area contributed by atoms with Gasteiger partial charge in [0.25, 0.3) is 17.7 Å². The molecule has 3 amide bonds. The Morgan fingerprint density at radius 3 is 2.44 bits per heavy atom. The summed E-state index contributed by atoms with van der Waals surface area (Å²) in [6.45, 7) is 4.22. The summed E-state index contributed by atoms with van der Waals surface area (Å²) in [7, 11) is 0. The number of benzene rings is 2. The lowest BCUT2D eigenvalue weighted by atomic mass is 10.1. The van der Waals surface area contributed by atoms with E-state index in [1.54, 1.807) is 52.8 Å². The number of ether oxygens (including phenoxy) is 1. The van der Waals surface area contributed by atoms with Crippen LogP contribution in [-0.4, -0.2) is 63.9 Å². The molecule has 50 heavy (non-hydrogen) atoms. The van der Waals surface area contributed by atoms with Gasteiger partial charge in [-0.05, 0) is 72.5 Å². The highest BCUT2D eigenvalue weighted by Crippen LogP contribution is 2.32. The van der Waals surface area contributed by atoms with E-state index in [1.165, 1.54) is 23.7 Å². The Hall–Kier alpha value is -5.76. The normalized spacial score (nSPS) is 12.7. The molecule has 3 N–H and O–H groups in total. The number of amides is 3. The number of rotatable bonds is 9. The minimum absolute atomic E-state index is 0.0131. The fourth-order valence-corrected chi connectivity index (χ4v) is 7.04. The molecule has 0 unspecified atom stereocenters. The van der Waals surface area contributed by atoms with E-state index < -0.39 is 0 Å². The van der Waals surface area contributed by atoms with Crippen LogP contribution in [0.25, 0.3) is 21.0 Å². The lowest BCUT2D eigenvalue weighted by Crippen LogP contribution is -2.40. The standard InChI is InChI=1S/C37H31N7O4S2/c1-23-4-9-27(40-34(45)26-19-28(22-38-21-26)41-35(46)33-11-10-32(50-33)31-3-2-18-49-31)20-30(23)43-37-39-13-12-29(42-37)24-5-7-25(8-6-24)36(47)44-14-16-48-17-15-44/h2-13,18-22H,14-17H2,1H3,(H,40,45)(H,41,46)(H,39,42,43). The Balaban J connectivity index is 0.997. The van der Waals surface area contributed by atoms with Crippen molar-refractivity contribution in [1.82, 2.24) is 19.9 Å². The van der Waals surface area contributed by atoms with E-state index in [9.17, 15) is 14.4 Å². The third kappa shape index (κ3) is 7.60. The average Bonchev–Trinajstić information content (AvgIpc) is 3.87. The van der Waals surface area contributed by atoms with Crippen LogP contribution < -0.4 is 16.0 Å². The molecule has 0 atom stereocenters. The second-order valence-electron chi connectivity index (χ2n) is 11.4. The van der Waals surface area contributed by atoms with Crippen LogP contribution in [0.3, 0.4) is 0 Å². The molecule has 250 valence electrons. The fraction of sp³-hybridized carbons (Fsp3) is 0.135. The highest BCUT2D eigenvalue weighted by molar-refractivity contribution is 7.22. The van der Waals surface area contributed by atoms with E-state index in [-0.39, 0.29) is 23.3 Å². The van der Waals surface area contributed by atoms with Crippen LogP contribution in [0.4, 0.5) is 23.0 Å². The molecule has 2 aromatic carbocycles. The maximum Gasteiger partial charge on any atom is 0.265 e. The molecule has 13 heteroatoms. The van der Waals surface area contributed by atoms with Crippen molar-refractivity contribution in [2.45, 2.75) is 6.92 Å². The van der Waals surface area contributed by atoms with Gasteiger partial charge in [-0.3, -0.25) is 19.4 Å². The Labute approximate surface area is 296 Å². The molecule has 1 aliphatic heterocycles. The summed E-state index contributed by atoms with van der Waals surface area (Å²) in [6, 6.07) is 24.0. The zero-order valence-corrected chi connectivity index (χ0v) is 28.5. The van der Waals surface area contributed by atoms with Gasteiger partial charge in [-0.1, -0.05) is 24.3 Å². The topological polar surface area (TPSA) is 138 Å². The molecular weight excluding hydrogens is 671 g/mol. The van der Waals surface area contributed by atoms with Crippen LogP contribution in [0.5, 0.6) is 0 Å². The number of aryl methyl sites for hydroxylation is 1. The van der Waals surface area contributed by atoms with E-state index >= 15 is 0 Å². The van der Waals surface area contributed by atoms with Gasteiger partial charge in [-0.2, -0.15) is 0 Å². The number of aromatic nitrogens is 3. The maximum atomic E-state index is 13.2. The number of hydrogen-bond donors (Lipinski definition) is 3. The average molecular weight is 702 g/mol. The predicted molar refractivity (Wildman–Crippen MR) is 196 cm³/mol. The summed E-state index contributed by atoms with van der Waals surface area (Å²) >= 11 is 3.02. The van der Waals surface area contributed by atoms with Crippen LogP contribution in [0.15, 0.2) is 103 Å². The van der Waals surface area contributed by atoms with Gasteiger partial charge in [0, 0.05) is 57.7 Å². The number of anilines is 4. The van der Waals surface area contributed by atoms with Gasteiger partial charge in [0.2, 0.25) is 5.95 Å². The largest absolute Gasteiger partial charge is 0.378 e. The smallest absolute Gasteiger partial charge is 0.265 e. The van der Waals surface area contributed by atoms with Crippen molar-refractivity contribution in [1.29, 1.82) is 0 Å². The number of morpholine rings is 1. The first-order valence-electron chi connectivity index (χ1n) is 15.8. The molecule has 1 saturated heterocycles. The zero-order chi connectivity index (χ0) is 34.5. The van der Waals surface area contributed by atoms with Crippen molar-refractivity contribution >= 4 is 63.4 Å². The van der Waals surface area contributed by atoms with E-state index in [1.807, 2.05) is 60.8 Å². The summed E-state index contributed by atoms with van der Waals surface area (Å²) in [5.41, 5.74) is 5.04. The van der Waals surface area contributed by atoms with Gasteiger partial charge in [-0.25, -0.2) is 9.97 Å². The monoisotopic (exact) mass is 701 g/mol. The van der Waals surface area contributed by atoms with Crippen LogP contribution in [0.1, 0.15) is 36.0 Å². The van der Waals surface area contributed by atoms with Gasteiger partial charge in [0.15, 0.2) is 0 Å². The van der Waals surface area contributed by atoms with Crippen LogP contribution >= 0.6 is 22.7 Å². The van der Waals surface area contributed by atoms with Crippen molar-refractivity contribution in [3.8, 4) is 21.0 Å². The van der Waals surface area contributed by atoms with Crippen molar-refractivity contribution in [2.24, 2.45) is 0 Å². The molecule has 1 fully saturated rings. The molecule has 0 radical (unpaired) electrons. The number of carbonyl (C=O) groups excluding carboxylic acids is 3. The molecular formula is C37H31N7O4S2. The molecule has 0 saturated carbocycles. The SMILES string of the molecule is Cc1ccc(NC(=O)c2cncc(NC(=O)c3ccc(-c4cccs4)s3)c2)cc1Nc1nccc(-c2ccc(C(=O)N3CCOCC3)cc2)n1. The number of carbonyl (C=O) groups is 3. The van der Waals surface area contributed by atoms with Crippen LogP contribution in [0, 0.1) is 6.92 Å². The first kappa shape index (κ1) is 32.8. The number of nitrogens with one attached hydrogen (secondary N) is 3. The Morgan fingerprint density at radius 1 is 0.820 bits per heavy atom. The van der Waals surface area contributed by atoms with Crippen molar-refractivity contribution in [3.05, 3.63) is 124 Å². The Bertz CT molecular complexity index is 2160. The molecule has 7 rings (SSSR count). The van der Waals surface area contributed by atoms with Crippen molar-refractivity contribution in [3.63, 3.8) is 0 Å². The molecule has 1 aliphatic rings. The molecule has 0 bridgehead atoms. The van der Waals surface area contributed by atoms with E-state index in [0.29, 0.717) is 65.4 Å². The third-order valence-electron chi connectivity index (χ3n) is 7.98. The van der Waals surface area contributed by atoms with Gasteiger partial charge in [-0.15, -0.1) is 22.7 Å². The highest BCUT2D eigenvalue weighted by atomic mass is 32.1. The summed E-state index contributed by atoms with van der Waals surface area (Å²) in [4.78, 5) is 56.7. The molecule has 4 aromatic heterocycles. The summed E-state index contributed by atoms with van der Waals surface area (Å²) in [5.74, 6) is -0.286. The number of thiophene rings is 2.